The van der Waals surface area contributed by atoms with Crippen molar-refractivity contribution in [1.82, 2.24) is 14.5 Å². The van der Waals surface area contributed by atoms with Gasteiger partial charge in [-0.15, -0.1) is 0 Å². The van der Waals surface area contributed by atoms with Crippen LogP contribution < -0.4 is 14.8 Å². The van der Waals surface area contributed by atoms with Crippen LogP contribution in [-0.4, -0.2) is 83.3 Å². The molecule has 8 nitrogen and oxygen atoms in total. The van der Waals surface area contributed by atoms with Crippen LogP contribution in [-0.2, 0) is 10.0 Å². The van der Waals surface area contributed by atoms with E-state index >= 15 is 0 Å². The zero-order valence-corrected chi connectivity index (χ0v) is 15.6. The molecule has 0 aromatic heterocycles. The second kappa shape index (κ2) is 8.50. The number of hydrogen-bond acceptors (Lipinski definition) is 6. The molecule has 1 aliphatic heterocycles. The Morgan fingerprint density at radius 1 is 1.16 bits per heavy atom. The number of carbonyl (C=O) groups is 1. The summed E-state index contributed by atoms with van der Waals surface area (Å²) in [5.74, 6) is 0.866. The second-order valence-corrected chi connectivity index (χ2v) is 7.81. The first-order chi connectivity index (χ1) is 11.8. The first-order valence-electron chi connectivity index (χ1n) is 8.03. The molecular weight excluding hydrogens is 346 g/mol. The number of nitrogens with one attached hydrogen (secondary N) is 1. The molecule has 0 bridgehead atoms. The zero-order chi connectivity index (χ0) is 18.4. The summed E-state index contributed by atoms with van der Waals surface area (Å²) >= 11 is 0. The summed E-state index contributed by atoms with van der Waals surface area (Å²) in [5, 5.41) is 2.87. The van der Waals surface area contributed by atoms with Crippen LogP contribution >= 0.6 is 0 Å². The van der Waals surface area contributed by atoms with Gasteiger partial charge in [0.25, 0.3) is 5.91 Å². The third-order valence-corrected chi connectivity index (χ3v) is 5.47. The van der Waals surface area contributed by atoms with E-state index in [1.807, 2.05) is 0 Å². The molecule has 1 fully saturated rings. The predicted molar refractivity (Wildman–Crippen MR) is 94.7 cm³/mol. The lowest BCUT2D eigenvalue weighted by molar-refractivity contribution is 0.0942. The highest BCUT2D eigenvalue weighted by Crippen LogP contribution is 2.24. The molecule has 140 valence electrons. The highest BCUT2D eigenvalue weighted by Gasteiger charge is 2.23. The average Bonchev–Trinajstić information content (AvgIpc) is 2.60. The molecule has 1 heterocycles. The topological polar surface area (TPSA) is 88.2 Å². The van der Waals surface area contributed by atoms with Gasteiger partial charge >= 0.3 is 0 Å². The zero-order valence-electron chi connectivity index (χ0n) is 14.8. The second-order valence-electron chi connectivity index (χ2n) is 5.83. The molecule has 1 aliphatic rings. The van der Waals surface area contributed by atoms with Crippen LogP contribution in [0.15, 0.2) is 18.2 Å². The predicted octanol–water partition coefficient (Wildman–Crippen LogP) is 0.0108. The molecule has 1 N–H and O–H groups in total. The lowest BCUT2D eigenvalue weighted by atomic mass is 10.1. The van der Waals surface area contributed by atoms with Gasteiger partial charge in [-0.3, -0.25) is 9.69 Å². The van der Waals surface area contributed by atoms with Gasteiger partial charge in [0.05, 0.1) is 26.0 Å². The van der Waals surface area contributed by atoms with E-state index in [2.05, 4.69) is 10.2 Å². The van der Waals surface area contributed by atoms with Crippen LogP contribution in [0.2, 0.25) is 0 Å². The minimum atomic E-state index is -3.12. The lowest BCUT2D eigenvalue weighted by Gasteiger charge is -2.33. The Morgan fingerprint density at radius 3 is 2.40 bits per heavy atom. The third-order valence-electron chi connectivity index (χ3n) is 4.17. The van der Waals surface area contributed by atoms with Crippen LogP contribution in [0.5, 0.6) is 11.5 Å². The fourth-order valence-corrected chi connectivity index (χ4v) is 3.52. The Hall–Kier alpha value is -1.84. The summed E-state index contributed by atoms with van der Waals surface area (Å²) in [6, 6.07) is 5.04. The monoisotopic (exact) mass is 371 g/mol. The van der Waals surface area contributed by atoms with Gasteiger partial charge in [-0.05, 0) is 12.1 Å². The highest BCUT2D eigenvalue weighted by molar-refractivity contribution is 7.88. The summed E-state index contributed by atoms with van der Waals surface area (Å²) in [6.45, 7) is 3.44. The first kappa shape index (κ1) is 19.5. The minimum absolute atomic E-state index is 0.214. The van der Waals surface area contributed by atoms with Crippen molar-refractivity contribution >= 4 is 15.9 Å². The molecule has 9 heteroatoms. The lowest BCUT2D eigenvalue weighted by Crippen LogP contribution is -2.49. The molecular formula is C16H25N3O5S. The van der Waals surface area contributed by atoms with E-state index in [1.54, 1.807) is 25.3 Å². The summed E-state index contributed by atoms with van der Waals surface area (Å²) < 4.78 is 34.8. The van der Waals surface area contributed by atoms with E-state index in [0.29, 0.717) is 56.3 Å². The van der Waals surface area contributed by atoms with Gasteiger partial charge in [0, 0.05) is 45.3 Å². The fraction of sp³-hybridized carbons (Fsp3) is 0.562. The van der Waals surface area contributed by atoms with Crippen molar-refractivity contribution in [1.29, 1.82) is 0 Å². The van der Waals surface area contributed by atoms with Crippen molar-refractivity contribution in [3.8, 4) is 11.5 Å². The summed E-state index contributed by atoms with van der Waals surface area (Å²) in [6.07, 6.45) is 1.23. The summed E-state index contributed by atoms with van der Waals surface area (Å²) in [7, 11) is -0.0596. The van der Waals surface area contributed by atoms with E-state index in [9.17, 15) is 13.2 Å². The van der Waals surface area contributed by atoms with Gasteiger partial charge in [-0.2, -0.15) is 4.31 Å². The van der Waals surface area contributed by atoms with Gasteiger partial charge in [-0.25, -0.2) is 8.42 Å². The number of carbonyl (C=O) groups excluding carboxylic acids is 1. The maximum atomic E-state index is 12.3. The summed E-state index contributed by atoms with van der Waals surface area (Å²) in [4.78, 5) is 14.4. The number of methoxy groups -OCH3 is 2. The van der Waals surface area contributed by atoms with Gasteiger partial charge in [0.1, 0.15) is 11.5 Å². The molecule has 1 amide bonds. The number of sulfonamides is 1. The Labute approximate surface area is 148 Å². The minimum Gasteiger partial charge on any atom is -0.497 e. The van der Waals surface area contributed by atoms with Crippen LogP contribution in [0, 0.1) is 0 Å². The van der Waals surface area contributed by atoms with E-state index in [1.165, 1.54) is 17.7 Å². The fourth-order valence-electron chi connectivity index (χ4n) is 2.69. The van der Waals surface area contributed by atoms with Gasteiger partial charge in [0.15, 0.2) is 0 Å². The maximum absolute atomic E-state index is 12.3. The molecule has 0 spiro atoms. The molecule has 0 atom stereocenters. The molecule has 0 radical (unpaired) electrons. The molecule has 1 saturated heterocycles. The first-order valence-corrected chi connectivity index (χ1v) is 9.87. The Bertz CT molecular complexity index is 700. The van der Waals surface area contributed by atoms with Gasteiger partial charge in [0.2, 0.25) is 10.0 Å². The standard InChI is InChI=1S/C16H25N3O5S/c1-23-13-4-5-14(15(12-13)24-2)16(20)17-6-7-18-8-10-19(11-9-18)25(3,21)22/h4-5,12H,6-11H2,1-3H3,(H,17,20). The molecule has 0 unspecified atom stereocenters. The van der Waals surface area contributed by atoms with E-state index in [4.69, 9.17) is 9.47 Å². The normalized spacial score (nSPS) is 16.4. The number of nitrogens with zero attached hydrogens (tertiary/aromatic N) is 2. The number of hydrogen-bond donors (Lipinski definition) is 1. The maximum Gasteiger partial charge on any atom is 0.255 e. The number of amides is 1. The molecule has 2 rings (SSSR count). The van der Waals surface area contributed by atoms with Crippen molar-refractivity contribution in [2.24, 2.45) is 0 Å². The van der Waals surface area contributed by atoms with Crippen molar-refractivity contribution in [2.75, 3.05) is 59.7 Å². The number of rotatable bonds is 7. The smallest absolute Gasteiger partial charge is 0.255 e. The van der Waals surface area contributed by atoms with Crippen molar-refractivity contribution in [2.45, 2.75) is 0 Å². The Kier molecular flexibility index (Phi) is 6.63. The Morgan fingerprint density at radius 2 is 1.84 bits per heavy atom. The SMILES string of the molecule is COc1ccc(C(=O)NCCN2CCN(S(C)(=O)=O)CC2)c(OC)c1. The van der Waals surface area contributed by atoms with Crippen molar-refractivity contribution < 1.29 is 22.7 Å². The van der Waals surface area contributed by atoms with Crippen molar-refractivity contribution in [3.05, 3.63) is 23.8 Å². The average molecular weight is 371 g/mol. The molecule has 0 saturated carbocycles. The third kappa shape index (κ3) is 5.32. The number of piperazine rings is 1. The molecule has 25 heavy (non-hydrogen) atoms. The molecule has 1 aromatic carbocycles. The number of benzene rings is 1. The largest absolute Gasteiger partial charge is 0.497 e. The number of ether oxygens (including phenoxy) is 2. The van der Waals surface area contributed by atoms with Crippen LogP contribution in [0.3, 0.4) is 0 Å². The van der Waals surface area contributed by atoms with E-state index < -0.39 is 10.0 Å². The quantitative estimate of drug-likeness (QED) is 0.727. The Balaban J connectivity index is 1.82. The van der Waals surface area contributed by atoms with Crippen LogP contribution in [0.25, 0.3) is 0 Å². The van der Waals surface area contributed by atoms with Crippen LogP contribution in [0.4, 0.5) is 0 Å². The van der Waals surface area contributed by atoms with Crippen molar-refractivity contribution in [3.63, 3.8) is 0 Å². The van der Waals surface area contributed by atoms with Gasteiger partial charge < -0.3 is 14.8 Å². The molecule has 1 aromatic rings. The van der Waals surface area contributed by atoms with E-state index in [0.717, 1.165) is 0 Å². The van der Waals surface area contributed by atoms with Crippen LogP contribution in [0.1, 0.15) is 10.4 Å². The van der Waals surface area contributed by atoms with E-state index in [-0.39, 0.29) is 5.91 Å². The summed E-state index contributed by atoms with van der Waals surface area (Å²) in [5.41, 5.74) is 0.449. The molecule has 0 aliphatic carbocycles. The highest BCUT2D eigenvalue weighted by atomic mass is 32.2. The van der Waals surface area contributed by atoms with Gasteiger partial charge in [-0.1, -0.05) is 0 Å².